The summed E-state index contributed by atoms with van der Waals surface area (Å²) in [6.45, 7) is 6.67. The zero-order valence-electron chi connectivity index (χ0n) is 19.2. The van der Waals surface area contributed by atoms with Crippen molar-refractivity contribution < 1.29 is 51.0 Å². The standard InChI is InChI=1S/C16H16.C14H11.2ClH.Zr/c1-3-12-13-8-4-5-9-15(13)16-11(2)7-6-10-14(12)16;1-10-5-4-7-12-9-11-6-2-3-8-13(11)14(10)12;;;/h4-10,12H,3H2,1-2H3;2-9H,1H3;2*1H;/q;-1;;;+3/p-2. The Morgan fingerprint density at radius 1 is 0.667 bits per heavy atom. The normalized spacial score (nSPS) is 13.0. The third-order valence-electron chi connectivity index (χ3n) is 6.54. The molecule has 0 N–H and O–H groups in total. The molecule has 0 heterocycles. The summed E-state index contributed by atoms with van der Waals surface area (Å²) in [5.74, 6) is 0.603. The molecule has 0 spiro atoms. The minimum absolute atomic E-state index is 0. The SMILES string of the molecule is CCC1c2ccccc2-c2c(C)cccc21.Cc1cccc2[cH-]c3ccccc3c12.[Cl-].[Cl-].[Zr+3]. The summed E-state index contributed by atoms with van der Waals surface area (Å²) in [4.78, 5) is 0. The van der Waals surface area contributed by atoms with Crippen molar-refractivity contribution in [3.8, 4) is 11.1 Å². The van der Waals surface area contributed by atoms with Gasteiger partial charge in [0.2, 0.25) is 0 Å². The molecule has 0 aliphatic heterocycles. The first kappa shape index (κ1) is 27.5. The Labute approximate surface area is 228 Å². The molecule has 0 fully saturated rings. The van der Waals surface area contributed by atoms with Gasteiger partial charge in [0.15, 0.2) is 0 Å². The second-order valence-electron chi connectivity index (χ2n) is 8.36. The van der Waals surface area contributed by atoms with Gasteiger partial charge in [-0.3, -0.25) is 0 Å². The Balaban J connectivity index is 0.000000215. The van der Waals surface area contributed by atoms with Gasteiger partial charge in [-0.15, -0.1) is 39.7 Å². The molecular formula is C30H27Cl2Zr. The van der Waals surface area contributed by atoms with Gasteiger partial charge in [0.05, 0.1) is 0 Å². The Hall–Kier alpha value is -1.79. The summed E-state index contributed by atoms with van der Waals surface area (Å²) >= 11 is 0. The second-order valence-corrected chi connectivity index (χ2v) is 8.36. The van der Waals surface area contributed by atoms with Gasteiger partial charge in [-0.1, -0.05) is 85.3 Å². The summed E-state index contributed by atoms with van der Waals surface area (Å²) in [7, 11) is 0. The predicted molar refractivity (Wildman–Crippen MR) is 131 cm³/mol. The van der Waals surface area contributed by atoms with Gasteiger partial charge in [-0.25, -0.2) is 0 Å². The van der Waals surface area contributed by atoms with Gasteiger partial charge >= 0.3 is 26.2 Å². The van der Waals surface area contributed by atoms with Crippen LogP contribution in [0, 0.1) is 13.8 Å². The average molecular weight is 550 g/mol. The van der Waals surface area contributed by atoms with Crippen LogP contribution in [0.15, 0.2) is 91.0 Å². The monoisotopic (exact) mass is 547 g/mol. The fraction of sp³-hybridized carbons (Fsp3) is 0.167. The van der Waals surface area contributed by atoms with E-state index in [1.807, 2.05) is 0 Å². The molecule has 0 amide bonds. The van der Waals surface area contributed by atoms with Crippen molar-refractivity contribution in [3.05, 3.63) is 113 Å². The molecule has 5 aromatic rings. The van der Waals surface area contributed by atoms with Crippen LogP contribution in [0.1, 0.15) is 41.5 Å². The van der Waals surface area contributed by atoms with Crippen LogP contribution in [0.25, 0.3) is 32.7 Å². The summed E-state index contributed by atoms with van der Waals surface area (Å²) in [6.07, 6.45) is 1.19. The molecule has 6 rings (SSSR count). The molecule has 1 aliphatic carbocycles. The van der Waals surface area contributed by atoms with E-state index in [4.69, 9.17) is 0 Å². The minimum atomic E-state index is 0. The summed E-state index contributed by atoms with van der Waals surface area (Å²) in [6, 6.07) is 32.8. The number of fused-ring (bicyclic) bond motifs is 6. The van der Waals surface area contributed by atoms with E-state index in [0.717, 1.165) is 0 Å². The number of halogens is 2. The number of benzene rings is 4. The van der Waals surface area contributed by atoms with Crippen molar-refractivity contribution in [2.45, 2.75) is 33.1 Å². The molecule has 1 radical (unpaired) electrons. The molecule has 0 nitrogen and oxygen atoms in total. The predicted octanol–water partition coefficient (Wildman–Crippen LogP) is 2.54. The zero-order valence-corrected chi connectivity index (χ0v) is 23.2. The molecule has 1 atom stereocenters. The molecule has 165 valence electrons. The minimum Gasteiger partial charge on any atom is -1.00 e. The fourth-order valence-corrected chi connectivity index (χ4v) is 5.18. The van der Waals surface area contributed by atoms with E-state index >= 15 is 0 Å². The van der Waals surface area contributed by atoms with Crippen LogP contribution in [0.5, 0.6) is 0 Å². The Morgan fingerprint density at radius 2 is 1.27 bits per heavy atom. The molecule has 1 aliphatic rings. The van der Waals surface area contributed by atoms with E-state index in [2.05, 4.69) is 112 Å². The number of hydrogen-bond acceptors (Lipinski definition) is 0. The third kappa shape index (κ3) is 4.88. The zero-order chi connectivity index (χ0) is 20.7. The maximum Gasteiger partial charge on any atom is 3.00 e. The van der Waals surface area contributed by atoms with Crippen molar-refractivity contribution in [1.82, 2.24) is 0 Å². The van der Waals surface area contributed by atoms with Gasteiger partial charge < -0.3 is 24.8 Å². The Morgan fingerprint density at radius 3 is 2.06 bits per heavy atom. The second kappa shape index (κ2) is 11.6. The molecule has 0 saturated heterocycles. The topological polar surface area (TPSA) is 0 Å². The molecular weight excluding hydrogens is 522 g/mol. The summed E-state index contributed by atoms with van der Waals surface area (Å²) < 4.78 is 0. The van der Waals surface area contributed by atoms with Crippen molar-refractivity contribution in [1.29, 1.82) is 0 Å². The first-order valence-electron chi connectivity index (χ1n) is 10.9. The van der Waals surface area contributed by atoms with E-state index in [1.54, 1.807) is 0 Å². The van der Waals surface area contributed by atoms with Gasteiger partial charge in [0.25, 0.3) is 0 Å². The number of rotatable bonds is 1. The number of aryl methyl sites for hydroxylation is 2. The summed E-state index contributed by atoms with van der Waals surface area (Å²) in [5.41, 5.74) is 8.72. The fourth-order valence-electron chi connectivity index (χ4n) is 5.18. The Bertz CT molecular complexity index is 1370. The van der Waals surface area contributed by atoms with Crippen molar-refractivity contribution in [3.63, 3.8) is 0 Å². The first-order chi connectivity index (χ1) is 14.7. The maximum absolute atomic E-state index is 2.29. The first-order valence-corrected chi connectivity index (χ1v) is 10.9. The molecule has 0 aromatic heterocycles. The van der Waals surface area contributed by atoms with Crippen molar-refractivity contribution in [2.24, 2.45) is 0 Å². The van der Waals surface area contributed by atoms with Crippen LogP contribution in [0.3, 0.4) is 0 Å². The molecule has 5 aromatic carbocycles. The smallest absolute Gasteiger partial charge is 1.00 e. The van der Waals surface area contributed by atoms with E-state index in [1.165, 1.54) is 61.3 Å². The van der Waals surface area contributed by atoms with Gasteiger partial charge in [-0.05, 0) is 48.1 Å². The van der Waals surface area contributed by atoms with Crippen molar-refractivity contribution in [2.75, 3.05) is 0 Å². The van der Waals surface area contributed by atoms with E-state index in [-0.39, 0.29) is 51.0 Å². The quantitative estimate of drug-likeness (QED) is 0.282. The van der Waals surface area contributed by atoms with Crippen LogP contribution in [0.2, 0.25) is 0 Å². The van der Waals surface area contributed by atoms with Crippen LogP contribution >= 0.6 is 0 Å². The third-order valence-corrected chi connectivity index (χ3v) is 6.54. The molecule has 33 heavy (non-hydrogen) atoms. The molecule has 0 bridgehead atoms. The number of hydrogen-bond donors (Lipinski definition) is 0. The van der Waals surface area contributed by atoms with E-state index < -0.39 is 0 Å². The van der Waals surface area contributed by atoms with Crippen LogP contribution in [-0.4, -0.2) is 0 Å². The van der Waals surface area contributed by atoms with Crippen LogP contribution in [-0.2, 0) is 26.2 Å². The van der Waals surface area contributed by atoms with Gasteiger partial charge in [0, 0.05) is 5.92 Å². The van der Waals surface area contributed by atoms with Crippen LogP contribution < -0.4 is 24.8 Å². The van der Waals surface area contributed by atoms with E-state index in [9.17, 15) is 0 Å². The molecule has 1 unspecified atom stereocenters. The van der Waals surface area contributed by atoms with Crippen molar-refractivity contribution >= 4 is 21.5 Å². The maximum atomic E-state index is 2.29. The summed E-state index contributed by atoms with van der Waals surface area (Å²) in [5, 5.41) is 5.48. The Kier molecular flexibility index (Phi) is 9.62. The van der Waals surface area contributed by atoms with E-state index in [0.29, 0.717) is 5.92 Å². The van der Waals surface area contributed by atoms with Gasteiger partial charge in [-0.2, -0.15) is 0 Å². The molecule has 0 saturated carbocycles. The average Bonchev–Trinajstić information content (AvgIpc) is 3.31. The van der Waals surface area contributed by atoms with Crippen LogP contribution in [0.4, 0.5) is 0 Å². The molecule has 3 heteroatoms. The largest absolute Gasteiger partial charge is 3.00 e. The van der Waals surface area contributed by atoms with Gasteiger partial charge in [0.1, 0.15) is 0 Å².